The van der Waals surface area contributed by atoms with Crippen LogP contribution in [0, 0.1) is 6.92 Å². The number of carbonyl (C=O) groups excluding carboxylic acids is 1. The second-order valence-electron chi connectivity index (χ2n) is 7.38. The first-order chi connectivity index (χ1) is 15.1. The van der Waals surface area contributed by atoms with E-state index in [0.717, 1.165) is 44.7 Å². The molecule has 5 rings (SSSR count). The summed E-state index contributed by atoms with van der Waals surface area (Å²) in [4.78, 5) is 15.9. The van der Waals surface area contributed by atoms with Crippen molar-refractivity contribution in [3.05, 3.63) is 66.6 Å². The molecule has 154 valence electrons. The van der Waals surface area contributed by atoms with Gasteiger partial charge in [-0.3, -0.25) is 13.9 Å². The number of nitrogens with one attached hydrogen (secondary N) is 1. The number of imidazole rings is 1. The maximum atomic E-state index is 11.3. The SMILES string of the molecule is COc1ccccc1-c1cc(NC=O)c2ncc(-c3ccc4c(c3)c(C)nn4C)n2c1. The van der Waals surface area contributed by atoms with Crippen molar-refractivity contribution < 1.29 is 9.53 Å². The van der Waals surface area contributed by atoms with Crippen LogP contribution < -0.4 is 10.1 Å². The lowest BCUT2D eigenvalue weighted by Gasteiger charge is -2.12. The fraction of sp³-hybridized carbons (Fsp3) is 0.125. The number of methoxy groups -OCH3 is 1. The number of benzene rings is 2. The topological polar surface area (TPSA) is 73.4 Å². The summed E-state index contributed by atoms with van der Waals surface area (Å²) in [5, 5.41) is 8.40. The van der Waals surface area contributed by atoms with E-state index < -0.39 is 0 Å². The quantitative estimate of drug-likeness (QED) is 0.434. The molecular weight excluding hydrogens is 390 g/mol. The van der Waals surface area contributed by atoms with E-state index in [0.29, 0.717) is 17.7 Å². The summed E-state index contributed by atoms with van der Waals surface area (Å²) in [5.74, 6) is 0.757. The molecule has 31 heavy (non-hydrogen) atoms. The number of aromatic nitrogens is 4. The van der Waals surface area contributed by atoms with Gasteiger partial charge >= 0.3 is 0 Å². The normalized spacial score (nSPS) is 11.2. The van der Waals surface area contributed by atoms with E-state index in [-0.39, 0.29) is 0 Å². The number of hydrogen-bond acceptors (Lipinski definition) is 4. The monoisotopic (exact) mass is 411 g/mol. The molecule has 1 amide bonds. The number of aryl methyl sites for hydroxylation is 2. The van der Waals surface area contributed by atoms with Crippen LogP contribution in [0.3, 0.4) is 0 Å². The lowest BCUT2D eigenvalue weighted by Crippen LogP contribution is -2.00. The Morgan fingerprint density at radius 3 is 2.74 bits per heavy atom. The van der Waals surface area contributed by atoms with Crippen LogP contribution in [-0.2, 0) is 11.8 Å². The van der Waals surface area contributed by atoms with Gasteiger partial charge in [0.2, 0.25) is 6.41 Å². The zero-order chi connectivity index (χ0) is 21.5. The third-order valence-electron chi connectivity index (χ3n) is 5.57. The van der Waals surface area contributed by atoms with Crippen molar-refractivity contribution in [2.24, 2.45) is 7.05 Å². The summed E-state index contributed by atoms with van der Waals surface area (Å²) in [6.45, 7) is 2.01. The Balaban J connectivity index is 1.76. The summed E-state index contributed by atoms with van der Waals surface area (Å²) >= 11 is 0. The molecule has 0 unspecified atom stereocenters. The van der Waals surface area contributed by atoms with Gasteiger partial charge in [-0.1, -0.05) is 24.3 Å². The molecule has 0 fully saturated rings. The number of carbonyl (C=O) groups is 1. The van der Waals surface area contributed by atoms with E-state index in [2.05, 4.69) is 33.6 Å². The highest BCUT2D eigenvalue weighted by atomic mass is 16.5. The van der Waals surface area contributed by atoms with Crippen molar-refractivity contribution in [3.63, 3.8) is 0 Å². The Labute approximate surface area is 178 Å². The molecule has 3 aromatic heterocycles. The third-order valence-corrected chi connectivity index (χ3v) is 5.57. The Morgan fingerprint density at radius 2 is 1.94 bits per heavy atom. The zero-order valence-electron chi connectivity index (χ0n) is 17.5. The van der Waals surface area contributed by atoms with Gasteiger partial charge in [0.1, 0.15) is 5.75 Å². The van der Waals surface area contributed by atoms with Gasteiger partial charge in [-0.2, -0.15) is 5.10 Å². The molecule has 1 N–H and O–H groups in total. The Morgan fingerprint density at radius 1 is 1.10 bits per heavy atom. The van der Waals surface area contributed by atoms with Gasteiger partial charge in [0, 0.05) is 35.3 Å². The van der Waals surface area contributed by atoms with Crippen molar-refractivity contribution in [2.75, 3.05) is 12.4 Å². The minimum atomic E-state index is 0.628. The largest absolute Gasteiger partial charge is 0.496 e. The second kappa shape index (κ2) is 7.28. The molecule has 0 radical (unpaired) electrons. The molecule has 7 nitrogen and oxygen atoms in total. The Bertz CT molecular complexity index is 1450. The van der Waals surface area contributed by atoms with Crippen LogP contribution in [0.25, 0.3) is 38.9 Å². The molecule has 0 aliphatic rings. The molecule has 0 saturated carbocycles. The molecule has 5 aromatic rings. The minimum absolute atomic E-state index is 0.628. The molecule has 7 heteroatoms. The van der Waals surface area contributed by atoms with Gasteiger partial charge in [0.15, 0.2) is 5.65 Å². The maximum absolute atomic E-state index is 11.3. The van der Waals surface area contributed by atoms with Crippen LogP contribution in [0.5, 0.6) is 5.75 Å². The zero-order valence-corrected chi connectivity index (χ0v) is 17.5. The maximum Gasteiger partial charge on any atom is 0.211 e. The molecule has 2 aromatic carbocycles. The van der Waals surface area contributed by atoms with Crippen LogP contribution in [0.4, 0.5) is 5.69 Å². The number of fused-ring (bicyclic) bond motifs is 2. The number of ether oxygens (including phenoxy) is 1. The molecule has 0 aliphatic heterocycles. The van der Waals surface area contributed by atoms with Gasteiger partial charge in [-0.25, -0.2) is 4.98 Å². The summed E-state index contributed by atoms with van der Waals surface area (Å²) in [6, 6.07) is 16.0. The Hall–Kier alpha value is -4.13. The first kappa shape index (κ1) is 18.9. The van der Waals surface area contributed by atoms with E-state index in [1.54, 1.807) is 7.11 Å². The van der Waals surface area contributed by atoms with Gasteiger partial charge in [0.25, 0.3) is 0 Å². The fourth-order valence-electron chi connectivity index (χ4n) is 4.10. The second-order valence-corrected chi connectivity index (χ2v) is 7.38. The smallest absolute Gasteiger partial charge is 0.211 e. The molecule has 0 atom stereocenters. The van der Waals surface area contributed by atoms with Gasteiger partial charge in [-0.15, -0.1) is 0 Å². The summed E-state index contributed by atoms with van der Waals surface area (Å²) < 4.78 is 9.43. The molecule has 3 heterocycles. The fourth-order valence-corrected chi connectivity index (χ4v) is 4.10. The predicted octanol–water partition coefficient (Wildman–Crippen LogP) is 4.44. The molecule has 0 aliphatic carbocycles. The third kappa shape index (κ3) is 3.02. The average Bonchev–Trinajstić information content (AvgIpc) is 3.34. The molecular formula is C24H21N5O2. The number of rotatable bonds is 5. The highest BCUT2D eigenvalue weighted by Gasteiger charge is 2.15. The van der Waals surface area contributed by atoms with Gasteiger partial charge in [-0.05, 0) is 31.2 Å². The van der Waals surface area contributed by atoms with E-state index in [1.807, 2.05) is 65.8 Å². The van der Waals surface area contributed by atoms with E-state index >= 15 is 0 Å². The van der Waals surface area contributed by atoms with Gasteiger partial charge < -0.3 is 10.1 Å². The van der Waals surface area contributed by atoms with Crippen LogP contribution in [0.15, 0.2) is 60.9 Å². The molecule has 0 saturated heterocycles. The standard InChI is InChI=1S/C24H21N5O2/c1-15-19-10-16(8-9-21(19)28(2)27-15)22-12-25-24-20(26-14-30)11-17(13-29(22)24)18-6-4-5-7-23(18)31-3/h4-14H,1-3H3,(H,26,30). The van der Waals surface area contributed by atoms with Crippen molar-refractivity contribution in [2.45, 2.75) is 6.92 Å². The number of amides is 1. The number of anilines is 1. The summed E-state index contributed by atoms with van der Waals surface area (Å²) in [6.07, 6.45) is 4.51. The molecule has 0 spiro atoms. The van der Waals surface area contributed by atoms with E-state index in [4.69, 9.17) is 4.74 Å². The lowest BCUT2D eigenvalue weighted by atomic mass is 10.1. The molecule has 0 bridgehead atoms. The number of hydrogen-bond donors (Lipinski definition) is 1. The number of pyridine rings is 1. The van der Waals surface area contributed by atoms with E-state index in [9.17, 15) is 4.79 Å². The van der Waals surface area contributed by atoms with Gasteiger partial charge in [0.05, 0.1) is 35.9 Å². The Kier molecular flexibility index (Phi) is 4.43. The number of para-hydroxylation sites is 1. The number of nitrogens with zero attached hydrogens (tertiary/aromatic N) is 4. The lowest BCUT2D eigenvalue weighted by molar-refractivity contribution is -0.105. The van der Waals surface area contributed by atoms with Crippen molar-refractivity contribution in [1.29, 1.82) is 0 Å². The predicted molar refractivity (Wildman–Crippen MR) is 121 cm³/mol. The van der Waals surface area contributed by atoms with Crippen LogP contribution >= 0.6 is 0 Å². The first-order valence-corrected chi connectivity index (χ1v) is 9.89. The average molecular weight is 411 g/mol. The van der Waals surface area contributed by atoms with Crippen molar-refractivity contribution in [3.8, 4) is 28.1 Å². The summed E-state index contributed by atoms with van der Waals surface area (Å²) in [5.41, 5.74) is 7.13. The van der Waals surface area contributed by atoms with Crippen molar-refractivity contribution >= 4 is 28.6 Å². The summed E-state index contributed by atoms with van der Waals surface area (Å²) in [7, 11) is 3.59. The highest BCUT2D eigenvalue weighted by molar-refractivity contribution is 5.89. The minimum Gasteiger partial charge on any atom is -0.496 e. The highest BCUT2D eigenvalue weighted by Crippen LogP contribution is 2.35. The van der Waals surface area contributed by atoms with Crippen LogP contribution in [-0.4, -0.2) is 32.7 Å². The van der Waals surface area contributed by atoms with Crippen LogP contribution in [0.2, 0.25) is 0 Å². The van der Waals surface area contributed by atoms with Crippen LogP contribution in [0.1, 0.15) is 5.69 Å². The van der Waals surface area contributed by atoms with E-state index in [1.165, 1.54) is 0 Å². The first-order valence-electron chi connectivity index (χ1n) is 9.89. The van der Waals surface area contributed by atoms with Crippen molar-refractivity contribution in [1.82, 2.24) is 19.2 Å².